The van der Waals surface area contributed by atoms with Crippen LogP contribution >= 0.6 is 0 Å². The highest BCUT2D eigenvalue weighted by Gasteiger charge is 2.28. The van der Waals surface area contributed by atoms with Gasteiger partial charge in [0.15, 0.2) is 17.6 Å². The number of nitrogens with zero attached hydrogens (tertiary/aromatic N) is 1. The average molecular weight is 309 g/mol. The number of para-hydroxylation sites is 1. The van der Waals surface area contributed by atoms with Crippen LogP contribution < -0.4 is 4.74 Å². The maximum atomic E-state index is 12.4. The summed E-state index contributed by atoms with van der Waals surface area (Å²) in [4.78, 5) is 28.7. The van der Waals surface area contributed by atoms with Crippen LogP contribution in [-0.2, 0) is 9.53 Å². The Balaban J connectivity index is 1.96. The summed E-state index contributed by atoms with van der Waals surface area (Å²) in [5.74, 6) is -0.524. The van der Waals surface area contributed by atoms with E-state index in [1.165, 1.54) is 13.2 Å². The molecule has 1 aliphatic heterocycles. The van der Waals surface area contributed by atoms with Crippen molar-refractivity contribution in [3.8, 4) is 5.75 Å². The lowest BCUT2D eigenvalue weighted by Crippen LogP contribution is -2.31. The van der Waals surface area contributed by atoms with Crippen molar-refractivity contribution in [1.82, 2.24) is 0 Å². The highest BCUT2D eigenvalue weighted by Crippen LogP contribution is 2.22. The van der Waals surface area contributed by atoms with E-state index in [2.05, 4.69) is 4.99 Å². The minimum atomic E-state index is -0.611. The first-order chi connectivity index (χ1) is 11.1. The molecule has 0 saturated heterocycles. The van der Waals surface area contributed by atoms with Gasteiger partial charge in [0.2, 0.25) is 0 Å². The highest BCUT2D eigenvalue weighted by atomic mass is 16.5. The molecule has 2 aliphatic rings. The molecule has 1 heterocycles. The molecule has 116 valence electrons. The molecule has 0 aromatic heterocycles. The molecule has 0 radical (unpaired) electrons. The Morgan fingerprint density at radius 2 is 2.13 bits per heavy atom. The molecule has 3 rings (SSSR count). The number of ketones is 1. The number of rotatable bonds is 3. The van der Waals surface area contributed by atoms with Crippen LogP contribution in [-0.4, -0.2) is 30.7 Å². The van der Waals surface area contributed by atoms with E-state index < -0.39 is 12.1 Å². The Kier molecular flexibility index (Phi) is 3.93. The molecule has 0 fully saturated rings. The first-order valence-corrected chi connectivity index (χ1v) is 7.13. The van der Waals surface area contributed by atoms with Gasteiger partial charge >= 0.3 is 5.97 Å². The second-order valence-electron chi connectivity index (χ2n) is 5.20. The first kappa shape index (κ1) is 15.0. The number of methoxy groups -OCH3 is 1. The Hall–Kier alpha value is -2.95. The van der Waals surface area contributed by atoms with E-state index >= 15 is 0 Å². The summed E-state index contributed by atoms with van der Waals surface area (Å²) in [5, 5.41) is 0. The average Bonchev–Trinajstić information content (AvgIpc) is 2.55. The van der Waals surface area contributed by atoms with E-state index in [1.54, 1.807) is 30.3 Å². The monoisotopic (exact) mass is 309 g/mol. The van der Waals surface area contributed by atoms with E-state index in [0.29, 0.717) is 17.0 Å². The molecule has 23 heavy (non-hydrogen) atoms. The number of allylic oxidation sites excluding steroid dienone is 3. The molecule has 0 saturated carbocycles. The lowest BCUT2D eigenvalue weighted by Gasteiger charge is -2.22. The summed E-state index contributed by atoms with van der Waals surface area (Å²) in [7, 11) is 1.49. The lowest BCUT2D eigenvalue weighted by molar-refractivity contribution is -0.140. The summed E-state index contributed by atoms with van der Waals surface area (Å²) in [6, 6.07) is 6.82. The lowest BCUT2D eigenvalue weighted by atomic mass is 10.0. The van der Waals surface area contributed by atoms with Gasteiger partial charge < -0.3 is 9.47 Å². The Labute approximate surface area is 133 Å². The number of hydrogen-bond donors (Lipinski definition) is 0. The van der Waals surface area contributed by atoms with E-state index in [-0.39, 0.29) is 11.5 Å². The van der Waals surface area contributed by atoms with Gasteiger partial charge in [-0.25, -0.2) is 9.79 Å². The Morgan fingerprint density at radius 1 is 1.35 bits per heavy atom. The summed E-state index contributed by atoms with van der Waals surface area (Å²) in [6.45, 7) is 1.93. The number of benzene rings is 1. The van der Waals surface area contributed by atoms with Crippen molar-refractivity contribution in [1.29, 1.82) is 0 Å². The normalized spacial score (nSPS) is 21.2. The van der Waals surface area contributed by atoms with Gasteiger partial charge in [-0.15, -0.1) is 0 Å². The third-order valence-electron chi connectivity index (χ3n) is 3.53. The standard InChI is InChI=1S/C18H15NO4/c1-11-7-8-17-13(9-11)19-14(18(21)23-17)10-15(20)12-5-3-4-6-16(12)22-2/h3-10,17H,1-2H3/b14-10-. The van der Waals surface area contributed by atoms with Crippen molar-refractivity contribution in [3.05, 3.63) is 65.4 Å². The summed E-state index contributed by atoms with van der Waals surface area (Å²) >= 11 is 0. The van der Waals surface area contributed by atoms with Gasteiger partial charge in [0.1, 0.15) is 5.75 Å². The predicted molar refractivity (Wildman–Crippen MR) is 85.6 cm³/mol. The highest BCUT2D eigenvalue weighted by molar-refractivity contribution is 6.14. The van der Waals surface area contributed by atoms with Gasteiger partial charge in [-0.3, -0.25) is 4.79 Å². The fraction of sp³-hybridized carbons (Fsp3) is 0.167. The maximum absolute atomic E-state index is 12.4. The van der Waals surface area contributed by atoms with Gasteiger partial charge in [0.05, 0.1) is 18.4 Å². The molecule has 1 atom stereocenters. The molecule has 5 nitrogen and oxygen atoms in total. The van der Waals surface area contributed by atoms with E-state index in [1.807, 2.05) is 19.1 Å². The number of carbonyl (C=O) groups is 2. The number of fused-ring (bicyclic) bond motifs is 1. The number of esters is 1. The maximum Gasteiger partial charge on any atom is 0.358 e. The van der Waals surface area contributed by atoms with Crippen LogP contribution in [0.25, 0.3) is 0 Å². The van der Waals surface area contributed by atoms with Crippen molar-refractivity contribution < 1.29 is 19.1 Å². The van der Waals surface area contributed by atoms with E-state index in [0.717, 1.165) is 5.57 Å². The molecular weight excluding hydrogens is 294 g/mol. The predicted octanol–water partition coefficient (Wildman–Crippen LogP) is 2.64. The van der Waals surface area contributed by atoms with E-state index in [9.17, 15) is 9.59 Å². The third kappa shape index (κ3) is 2.99. The molecule has 0 N–H and O–H groups in total. The summed E-state index contributed by atoms with van der Waals surface area (Å²) in [6.07, 6.45) is 6.17. The molecule has 0 bridgehead atoms. The van der Waals surface area contributed by atoms with Crippen LogP contribution in [0, 0.1) is 0 Å². The van der Waals surface area contributed by atoms with Crippen molar-refractivity contribution in [2.45, 2.75) is 13.0 Å². The largest absolute Gasteiger partial charge is 0.496 e. The van der Waals surface area contributed by atoms with Gasteiger partial charge in [-0.05, 0) is 36.8 Å². The zero-order chi connectivity index (χ0) is 16.4. The molecule has 0 amide bonds. The quantitative estimate of drug-likeness (QED) is 0.489. The SMILES string of the molecule is COc1ccccc1C(=O)/C=C1\N=C2C=C(C)C=CC2OC1=O. The summed E-state index contributed by atoms with van der Waals surface area (Å²) in [5.41, 5.74) is 1.98. The minimum absolute atomic E-state index is 0.00786. The van der Waals surface area contributed by atoms with Gasteiger partial charge in [-0.1, -0.05) is 18.2 Å². The van der Waals surface area contributed by atoms with Crippen molar-refractivity contribution in [3.63, 3.8) is 0 Å². The Morgan fingerprint density at radius 3 is 2.91 bits per heavy atom. The van der Waals surface area contributed by atoms with Crippen molar-refractivity contribution >= 4 is 17.5 Å². The van der Waals surface area contributed by atoms with Crippen molar-refractivity contribution in [2.75, 3.05) is 7.11 Å². The minimum Gasteiger partial charge on any atom is -0.496 e. The fourth-order valence-electron chi connectivity index (χ4n) is 2.40. The molecule has 0 spiro atoms. The van der Waals surface area contributed by atoms with Crippen LogP contribution in [0.15, 0.2) is 64.8 Å². The van der Waals surface area contributed by atoms with Crippen LogP contribution in [0.1, 0.15) is 17.3 Å². The van der Waals surface area contributed by atoms with Crippen LogP contribution in [0.4, 0.5) is 0 Å². The third-order valence-corrected chi connectivity index (χ3v) is 3.53. The van der Waals surface area contributed by atoms with Gasteiger partial charge in [0.25, 0.3) is 0 Å². The van der Waals surface area contributed by atoms with Crippen LogP contribution in [0.2, 0.25) is 0 Å². The zero-order valence-electron chi connectivity index (χ0n) is 12.8. The second-order valence-corrected chi connectivity index (χ2v) is 5.20. The van der Waals surface area contributed by atoms with Gasteiger partial charge in [-0.2, -0.15) is 0 Å². The van der Waals surface area contributed by atoms with E-state index in [4.69, 9.17) is 9.47 Å². The number of aliphatic imine (C=N–C) groups is 1. The molecular formula is C18H15NO4. The topological polar surface area (TPSA) is 65.0 Å². The van der Waals surface area contributed by atoms with Crippen molar-refractivity contribution in [2.24, 2.45) is 4.99 Å². The number of carbonyl (C=O) groups excluding carboxylic acids is 2. The number of hydrogen-bond acceptors (Lipinski definition) is 5. The van der Waals surface area contributed by atoms with Crippen LogP contribution in [0.5, 0.6) is 5.75 Å². The Bertz CT molecular complexity index is 799. The number of ether oxygens (including phenoxy) is 2. The summed E-state index contributed by atoms with van der Waals surface area (Å²) < 4.78 is 10.5. The fourth-order valence-corrected chi connectivity index (χ4v) is 2.40. The molecule has 1 aromatic carbocycles. The zero-order valence-corrected chi connectivity index (χ0v) is 12.8. The van der Waals surface area contributed by atoms with Gasteiger partial charge in [0, 0.05) is 6.08 Å². The molecule has 1 aliphatic carbocycles. The van der Waals surface area contributed by atoms with Crippen LogP contribution in [0.3, 0.4) is 0 Å². The molecule has 5 heteroatoms. The molecule has 1 unspecified atom stereocenters. The first-order valence-electron chi connectivity index (χ1n) is 7.13. The second kappa shape index (κ2) is 6.04. The molecule has 1 aromatic rings. The smallest absolute Gasteiger partial charge is 0.358 e.